The summed E-state index contributed by atoms with van der Waals surface area (Å²) < 4.78 is 5.86. The lowest BCUT2D eigenvalue weighted by Crippen LogP contribution is -2.20. The predicted octanol–water partition coefficient (Wildman–Crippen LogP) is 4.77. The highest BCUT2D eigenvalue weighted by molar-refractivity contribution is 9.10. The highest BCUT2D eigenvalue weighted by atomic mass is 79.9. The average molecular weight is 402 g/mol. The highest BCUT2D eigenvalue weighted by Crippen LogP contribution is 2.17. The zero-order chi connectivity index (χ0) is 18.2. The van der Waals surface area contributed by atoms with E-state index in [0.29, 0.717) is 11.6 Å². The molecule has 1 amide bonds. The van der Waals surface area contributed by atoms with Crippen molar-refractivity contribution in [2.75, 3.05) is 11.9 Å². The van der Waals surface area contributed by atoms with Crippen molar-refractivity contribution < 1.29 is 14.3 Å². The van der Waals surface area contributed by atoms with Crippen LogP contribution in [0.1, 0.15) is 30.9 Å². The second kappa shape index (κ2) is 9.18. The molecular weight excluding hydrogens is 382 g/mol. The highest BCUT2D eigenvalue weighted by Gasteiger charge is 2.06. The molecule has 0 spiro atoms. The Balaban J connectivity index is 1.80. The van der Waals surface area contributed by atoms with E-state index in [4.69, 9.17) is 4.74 Å². The zero-order valence-electron chi connectivity index (χ0n) is 14.2. The summed E-state index contributed by atoms with van der Waals surface area (Å²) in [5.74, 6) is -0.505. The molecule has 4 nitrogen and oxygen atoms in total. The molecule has 130 valence electrons. The van der Waals surface area contributed by atoms with Crippen molar-refractivity contribution >= 4 is 39.6 Å². The molecule has 0 saturated heterocycles. The van der Waals surface area contributed by atoms with Gasteiger partial charge in [-0.2, -0.15) is 0 Å². The first-order chi connectivity index (χ1) is 11.9. The summed E-state index contributed by atoms with van der Waals surface area (Å²) in [5, 5.41) is 2.70. The molecule has 0 atom stereocenters. The smallest absolute Gasteiger partial charge is 0.331 e. The summed E-state index contributed by atoms with van der Waals surface area (Å²) in [6.45, 7) is 3.89. The Morgan fingerprint density at radius 3 is 2.52 bits per heavy atom. The van der Waals surface area contributed by atoms with Gasteiger partial charge in [0.15, 0.2) is 6.61 Å². The van der Waals surface area contributed by atoms with Gasteiger partial charge in [0.25, 0.3) is 5.91 Å². The van der Waals surface area contributed by atoms with Crippen molar-refractivity contribution in [2.24, 2.45) is 0 Å². The van der Waals surface area contributed by atoms with Crippen LogP contribution in [0.5, 0.6) is 0 Å². The van der Waals surface area contributed by atoms with E-state index in [0.717, 1.165) is 10.0 Å². The van der Waals surface area contributed by atoms with Crippen LogP contribution in [0.15, 0.2) is 59.1 Å². The molecule has 0 bridgehead atoms. The second-order valence-corrected chi connectivity index (χ2v) is 6.74. The minimum absolute atomic E-state index is 0.326. The van der Waals surface area contributed by atoms with Crippen LogP contribution in [0.3, 0.4) is 0 Å². The average Bonchev–Trinajstić information content (AvgIpc) is 2.58. The number of halogens is 1. The Morgan fingerprint density at radius 2 is 1.88 bits per heavy atom. The van der Waals surface area contributed by atoms with E-state index in [1.165, 1.54) is 11.6 Å². The lowest BCUT2D eigenvalue weighted by atomic mass is 10.0. The fraction of sp³-hybridized carbons (Fsp3) is 0.200. The number of amides is 1. The number of hydrogen-bond acceptors (Lipinski definition) is 3. The molecule has 2 aromatic rings. The minimum Gasteiger partial charge on any atom is -0.452 e. The molecule has 0 aliphatic carbocycles. The van der Waals surface area contributed by atoms with Crippen LogP contribution in [0.2, 0.25) is 0 Å². The van der Waals surface area contributed by atoms with Gasteiger partial charge in [-0.05, 0) is 47.4 Å². The molecule has 0 aliphatic heterocycles. The van der Waals surface area contributed by atoms with Gasteiger partial charge in [0.1, 0.15) is 0 Å². The van der Waals surface area contributed by atoms with Gasteiger partial charge in [-0.25, -0.2) is 4.79 Å². The lowest BCUT2D eigenvalue weighted by Gasteiger charge is -2.08. The third-order valence-electron chi connectivity index (χ3n) is 3.47. The van der Waals surface area contributed by atoms with E-state index in [-0.39, 0.29) is 12.5 Å². The maximum atomic E-state index is 11.8. The third kappa shape index (κ3) is 6.55. The summed E-state index contributed by atoms with van der Waals surface area (Å²) in [6.07, 6.45) is 2.93. The number of anilines is 1. The second-order valence-electron chi connectivity index (χ2n) is 5.82. The van der Waals surface area contributed by atoms with Gasteiger partial charge in [0.2, 0.25) is 0 Å². The Hall–Kier alpha value is -2.40. The molecule has 0 aromatic heterocycles. The topological polar surface area (TPSA) is 55.4 Å². The van der Waals surface area contributed by atoms with Crippen LogP contribution in [0, 0.1) is 0 Å². The van der Waals surface area contributed by atoms with E-state index in [1.54, 1.807) is 6.08 Å². The number of carbonyl (C=O) groups is 2. The van der Waals surface area contributed by atoms with E-state index in [9.17, 15) is 9.59 Å². The van der Waals surface area contributed by atoms with Gasteiger partial charge in [-0.15, -0.1) is 0 Å². The van der Waals surface area contributed by atoms with Crippen LogP contribution >= 0.6 is 15.9 Å². The number of hydrogen-bond donors (Lipinski definition) is 1. The van der Waals surface area contributed by atoms with Crippen LogP contribution in [-0.4, -0.2) is 18.5 Å². The third-order valence-corrected chi connectivity index (χ3v) is 3.96. The fourth-order valence-electron chi connectivity index (χ4n) is 2.11. The van der Waals surface area contributed by atoms with Crippen LogP contribution in [0.4, 0.5) is 5.69 Å². The largest absolute Gasteiger partial charge is 0.452 e. The monoisotopic (exact) mass is 401 g/mol. The molecule has 2 aromatic carbocycles. The quantitative estimate of drug-likeness (QED) is 0.560. The van der Waals surface area contributed by atoms with Crippen molar-refractivity contribution in [2.45, 2.75) is 19.8 Å². The number of esters is 1. The van der Waals surface area contributed by atoms with E-state index in [2.05, 4.69) is 35.1 Å². The number of rotatable bonds is 6. The van der Waals surface area contributed by atoms with Gasteiger partial charge < -0.3 is 10.1 Å². The Kier molecular flexibility index (Phi) is 6.95. The molecule has 1 N–H and O–H groups in total. The molecular formula is C20H20BrNO3. The maximum Gasteiger partial charge on any atom is 0.331 e. The lowest BCUT2D eigenvalue weighted by molar-refractivity contribution is -0.142. The number of benzene rings is 2. The van der Waals surface area contributed by atoms with E-state index in [1.807, 2.05) is 48.5 Å². The number of nitrogens with one attached hydrogen (secondary N) is 1. The Bertz CT molecular complexity index is 767. The van der Waals surface area contributed by atoms with Gasteiger partial charge in [-0.3, -0.25) is 4.79 Å². The normalized spacial score (nSPS) is 10.9. The SMILES string of the molecule is CC(C)c1ccc(NC(=O)COC(=O)/C=C/c2cccc(Br)c2)cc1. The molecule has 0 saturated carbocycles. The fourth-order valence-corrected chi connectivity index (χ4v) is 2.52. The van der Waals surface area contributed by atoms with E-state index >= 15 is 0 Å². The first-order valence-electron chi connectivity index (χ1n) is 7.94. The zero-order valence-corrected chi connectivity index (χ0v) is 15.7. The summed E-state index contributed by atoms with van der Waals surface area (Å²) in [7, 11) is 0. The molecule has 0 radical (unpaired) electrons. The standard InChI is InChI=1S/C20H20BrNO3/c1-14(2)16-7-9-18(10-8-16)22-19(23)13-25-20(24)11-6-15-4-3-5-17(21)12-15/h3-12,14H,13H2,1-2H3,(H,22,23)/b11-6+. The molecule has 0 aliphatic rings. The van der Waals surface area contributed by atoms with Crippen molar-refractivity contribution in [3.05, 3.63) is 70.2 Å². The number of ether oxygens (including phenoxy) is 1. The van der Waals surface area contributed by atoms with Crippen molar-refractivity contribution in [3.8, 4) is 0 Å². The van der Waals surface area contributed by atoms with Gasteiger partial charge in [0.05, 0.1) is 0 Å². The van der Waals surface area contributed by atoms with Crippen LogP contribution in [-0.2, 0) is 14.3 Å². The first-order valence-corrected chi connectivity index (χ1v) is 8.73. The molecule has 0 fully saturated rings. The summed E-state index contributed by atoms with van der Waals surface area (Å²) in [6, 6.07) is 15.1. The van der Waals surface area contributed by atoms with E-state index < -0.39 is 5.97 Å². The summed E-state index contributed by atoms with van der Waals surface area (Å²) in [5.41, 5.74) is 2.73. The molecule has 5 heteroatoms. The number of carbonyl (C=O) groups excluding carboxylic acids is 2. The van der Waals surface area contributed by atoms with Gasteiger partial charge >= 0.3 is 5.97 Å². The molecule has 25 heavy (non-hydrogen) atoms. The molecule has 0 unspecified atom stereocenters. The Labute approximate surface area is 156 Å². The van der Waals surface area contributed by atoms with Crippen molar-refractivity contribution in [1.82, 2.24) is 0 Å². The summed E-state index contributed by atoms with van der Waals surface area (Å²) in [4.78, 5) is 23.5. The van der Waals surface area contributed by atoms with Crippen LogP contribution in [0.25, 0.3) is 6.08 Å². The first kappa shape index (κ1) is 18.9. The molecule has 2 rings (SSSR count). The van der Waals surface area contributed by atoms with Crippen molar-refractivity contribution in [1.29, 1.82) is 0 Å². The maximum absolute atomic E-state index is 11.8. The summed E-state index contributed by atoms with van der Waals surface area (Å²) >= 11 is 3.36. The van der Waals surface area contributed by atoms with Crippen LogP contribution < -0.4 is 5.32 Å². The van der Waals surface area contributed by atoms with Crippen molar-refractivity contribution in [3.63, 3.8) is 0 Å². The molecule has 0 heterocycles. The Morgan fingerprint density at radius 1 is 1.16 bits per heavy atom. The minimum atomic E-state index is -0.565. The predicted molar refractivity (Wildman–Crippen MR) is 103 cm³/mol. The van der Waals surface area contributed by atoms with Gasteiger partial charge in [0, 0.05) is 16.2 Å². The van der Waals surface area contributed by atoms with Gasteiger partial charge in [-0.1, -0.05) is 54.0 Å².